The molecule has 3 N–H and O–H groups in total. The number of benzene rings is 1. The van der Waals surface area contributed by atoms with Gasteiger partial charge in [-0.05, 0) is 5.56 Å². The Bertz CT molecular complexity index is 873. The lowest BCUT2D eigenvalue weighted by atomic mass is 10.1. The molecule has 0 bridgehead atoms. The van der Waals surface area contributed by atoms with Crippen LogP contribution in [0.15, 0.2) is 42.9 Å². The minimum atomic E-state index is -0.572. The number of imidazole rings is 1. The highest BCUT2D eigenvalue weighted by molar-refractivity contribution is 5.85. The van der Waals surface area contributed by atoms with E-state index in [-0.39, 0.29) is 30.7 Å². The maximum atomic E-state index is 12.7. The highest BCUT2D eigenvalue weighted by Crippen LogP contribution is 2.12. The van der Waals surface area contributed by atoms with Gasteiger partial charge in [0.25, 0.3) is 0 Å². The molecule has 8 nitrogen and oxygen atoms in total. The second-order valence-corrected chi connectivity index (χ2v) is 6.79. The van der Waals surface area contributed by atoms with Crippen LogP contribution in [0.2, 0.25) is 0 Å². The second-order valence-electron chi connectivity index (χ2n) is 6.79. The Kier molecular flexibility index (Phi) is 8.19. The van der Waals surface area contributed by atoms with Gasteiger partial charge in [0, 0.05) is 44.2 Å². The molecule has 1 amide bonds. The fourth-order valence-electron chi connectivity index (χ4n) is 3.38. The van der Waals surface area contributed by atoms with Gasteiger partial charge in [-0.3, -0.25) is 4.79 Å². The van der Waals surface area contributed by atoms with E-state index in [1.165, 1.54) is 5.56 Å². The molecule has 0 unspecified atom stereocenters. The van der Waals surface area contributed by atoms with Gasteiger partial charge in [-0.25, -0.2) is 14.6 Å². The van der Waals surface area contributed by atoms with Crippen LogP contribution < -0.4 is 5.73 Å². The third-order valence-electron chi connectivity index (χ3n) is 4.81. The van der Waals surface area contributed by atoms with Crippen LogP contribution in [0.5, 0.6) is 0 Å². The molecule has 29 heavy (non-hydrogen) atoms. The first-order chi connectivity index (χ1) is 13.2. The van der Waals surface area contributed by atoms with Crippen LogP contribution in [0, 0.1) is 0 Å². The molecule has 1 aliphatic rings. The van der Waals surface area contributed by atoms with Crippen LogP contribution in [-0.4, -0.2) is 54.7 Å². The summed E-state index contributed by atoms with van der Waals surface area (Å²) in [5.74, 6) is 1.71. The summed E-state index contributed by atoms with van der Waals surface area (Å²) in [7, 11) is 0. The Morgan fingerprint density at radius 2 is 1.97 bits per heavy atom. The lowest BCUT2D eigenvalue weighted by Crippen LogP contribution is -2.46. The summed E-state index contributed by atoms with van der Waals surface area (Å²) in [6.07, 6.45) is 5.15. The number of hydrogen-bond acceptors (Lipinski definition) is 5. The maximum absolute atomic E-state index is 12.7. The van der Waals surface area contributed by atoms with E-state index in [2.05, 4.69) is 32.2 Å². The number of aromatic amines is 1. The molecule has 1 atom stereocenters. The predicted octanol–water partition coefficient (Wildman–Crippen LogP) is 1.39. The Labute approximate surface area is 181 Å². The summed E-state index contributed by atoms with van der Waals surface area (Å²) in [4.78, 5) is 26.1. The smallest absolute Gasteiger partial charge is 0.239 e. The van der Waals surface area contributed by atoms with Gasteiger partial charge in [0.15, 0.2) is 5.82 Å². The number of carbonyl (C=O) groups is 1. The zero-order chi connectivity index (χ0) is 18.6. The molecule has 3 heterocycles. The number of carbonyl (C=O) groups excluding carboxylic acids is 1. The van der Waals surface area contributed by atoms with Crippen molar-refractivity contribution in [1.29, 1.82) is 0 Å². The minimum Gasteiger partial charge on any atom is -0.348 e. The number of halogens is 2. The lowest BCUT2D eigenvalue weighted by Gasteiger charge is -2.23. The van der Waals surface area contributed by atoms with Crippen molar-refractivity contribution in [3.63, 3.8) is 0 Å². The largest absolute Gasteiger partial charge is 0.348 e. The van der Waals surface area contributed by atoms with Crippen LogP contribution in [0.3, 0.4) is 0 Å². The maximum Gasteiger partial charge on any atom is 0.239 e. The van der Waals surface area contributed by atoms with E-state index in [4.69, 9.17) is 5.73 Å². The molecule has 3 aromatic rings. The normalized spacial score (nSPS) is 14.2. The second kappa shape index (κ2) is 10.4. The van der Waals surface area contributed by atoms with E-state index in [0.29, 0.717) is 32.5 Å². The average molecular weight is 438 g/mol. The summed E-state index contributed by atoms with van der Waals surface area (Å²) < 4.78 is 1.92. The quantitative estimate of drug-likeness (QED) is 0.627. The molecule has 0 fully saturated rings. The summed E-state index contributed by atoms with van der Waals surface area (Å²) in [6, 6.07) is 9.62. The highest BCUT2D eigenvalue weighted by atomic mass is 35.5. The zero-order valence-electron chi connectivity index (χ0n) is 15.9. The van der Waals surface area contributed by atoms with Gasteiger partial charge in [0.2, 0.25) is 5.91 Å². The lowest BCUT2D eigenvalue weighted by molar-refractivity contribution is -0.132. The fourth-order valence-corrected chi connectivity index (χ4v) is 3.38. The topological polar surface area (TPSA) is 106 Å². The van der Waals surface area contributed by atoms with Gasteiger partial charge in [0.05, 0.1) is 18.9 Å². The van der Waals surface area contributed by atoms with E-state index in [1.807, 2.05) is 27.8 Å². The van der Waals surface area contributed by atoms with Gasteiger partial charge in [-0.15, -0.1) is 24.8 Å². The molecule has 0 saturated heterocycles. The van der Waals surface area contributed by atoms with Gasteiger partial charge < -0.3 is 15.6 Å². The van der Waals surface area contributed by atoms with Crippen molar-refractivity contribution in [2.45, 2.75) is 31.8 Å². The van der Waals surface area contributed by atoms with Crippen molar-refractivity contribution in [1.82, 2.24) is 29.6 Å². The number of rotatable bonds is 5. The number of hydrogen-bond donors (Lipinski definition) is 2. The van der Waals surface area contributed by atoms with Crippen LogP contribution >= 0.6 is 24.8 Å². The van der Waals surface area contributed by atoms with Crippen LogP contribution in [-0.2, 0) is 30.6 Å². The standard InChI is InChI=1S/C19H23N7O.2ClH/c20-16(11-15-12-21-13-22-15)19(27)25-7-6-18-23-17(24-26(18)9-8-25)10-14-4-2-1-3-5-14;;/h1-5,12-13,16H,6-11,20H2,(H,21,22);2*1H/t16-;;/m0../s1. The van der Waals surface area contributed by atoms with E-state index >= 15 is 0 Å². The Balaban J connectivity index is 0.00000150. The SMILES string of the molecule is Cl.Cl.N[C@@H](Cc1cnc[nH]1)C(=O)N1CCc2nc(Cc3ccccc3)nn2CC1. The molecule has 1 aromatic carbocycles. The van der Waals surface area contributed by atoms with Gasteiger partial charge in [-0.2, -0.15) is 5.10 Å². The summed E-state index contributed by atoms with van der Waals surface area (Å²) in [6.45, 7) is 1.84. The Morgan fingerprint density at radius 3 is 2.69 bits per heavy atom. The van der Waals surface area contributed by atoms with E-state index in [0.717, 1.165) is 23.8 Å². The number of aromatic nitrogens is 5. The van der Waals surface area contributed by atoms with E-state index < -0.39 is 6.04 Å². The molecule has 156 valence electrons. The number of nitrogens with one attached hydrogen (secondary N) is 1. The molecular formula is C19H25Cl2N7O. The van der Waals surface area contributed by atoms with Crippen molar-refractivity contribution < 1.29 is 4.79 Å². The number of nitrogens with zero attached hydrogens (tertiary/aromatic N) is 5. The Hall–Kier alpha value is -2.42. The predicted molar refractivity (Wildman–Crippen MR) is 114 cm³/mol. The average Bonchev–Trinajstić information content (AvgIpc) is 3.28. The molecule has 0 saturated carbocycles. The third kappa shape index (κ3) is 5.56. The van der Waals surface area contributed by atoms with Crippen molar-refractivity contribution in [3.8, 4) is 0 Å². The van der Waals surface area contributed by atoms with Gasteiger partial charge in [0.1, 0.15) is 5.82 Å². The highest BCUT2D eigenvalue weighted by Gasteiger charge is 2.25. The number of H-pyrrole nitrogens is 1. The molecule has 0 aliphatic carbocycles. The summed E-state index contributed by atoms with van der Waals surface area (Å²) >= 11 is 0. The molecule has 4 rings (SSSR count). The monoisotopic (exact) mass is 437 g/mol. The van der Waals surface area contributed by atoms with Crippen molar-refractivity contribution >= 4 is 30.7 Å². The van der Waals surface area contributed by atoms with Gasteiger partial charge >= 0.3 is 0 Å². The van der Waals surface area contributed by atoms with Crippen LogP contribution in [0.25, 0.3) is 0 Å². The van der Waals surface area contributed by atoms with Crippen LogP contribution in [0.4, 0.5) is 0 Å². The molecule has 1 aliphatic heterocycles. The molecular weight excluding hydrogens is 413 g/mol. The van der Waals surface area contributed by atoms with E-state index in [9.17, 15) is 4.79 Å². The number of fused-ring (bicyclic) bond motifs is 1. The minimum absolute atomic E-state index is 0. The first-order valence-corrected chi connectivity index (χ1v) is 9.17. The summed E-state index contributed by atoms with van der Waals surface area (Å²) in [5.41, 5.74) is 8.16. The molecule has 0 spiro atoms. The first kappa shape index (κ1) is 22.9. The Morgan fingerprint density at radius 1 is 1.17 bits per heavy atom. The van der Waals surface area contributed by atoms with Crippen molar-refractivity contribution in [2.75, 3.05) is 13.1 Å². The van der Waals surface area contributed by atoms with Crippen molar-refractivity contribution in [2.24, 2.45) is 5.73 Å². The van der Waals surface area contributed by atoms with Gasteiger partial charge in [-0.1, -0.05) is 30.3 Å². The third-order valence-corrected chi connectivity index (χ3v) is 4.81. The zero-order valence-corrected chi connectivity index (χ0v) is 17.5. The summed E-state index contributed by atoms with van der Waals surface area (Å²) in [5, 5.41) is 4.63. The van der Waals surface area contributed by atoms with E-state index in [1.54, 1.807) is 12.5 Å². The van der Waals surface area contributed by atoms with Crippen LogP contribution in [0.1, 0.15) is 22.9 Å². The molecule has 0 radical (unpaired) electrons. The number of amides is 1. The fraction of sp³-hybridized carbons (Fsp3) is 0.368. The van der Waals surface area contributed by atoms with Crippen molar-refractivity contribution in [3.05, 3.63) is 65.8 Å². The first-order valence-electron chi connectivity index (χ1n) is 9.17. The molecule has 2 aromatic heterocycles. The number of nitrogens with two attached hydrogens (primary N) is 1. The molecule has 10 heteroatoms.